The molecule has 1 fully saturated rings. The summed E-state index contributed by atoms with van der Waals surface area (Å²) in [7, 11) is -2.75. The average molecular weight is 497 g/mol. The quantitative estimate of drug-likeness (QED) is 0.455. The number of hydrogen-bond acceptors (Lipinski definition) is 5. The fourth-order valence-electron chi connectivity index (χ4n) is 3.67. The number of carbonyl (C=O) groups excluding carboxylic acids is 2. The van der Waals surface area contributed by atoms with Gasteiger partial charge in [-0.15, -0.1) is 0 Å². The number of ether oxygens (including phenoxy) is 1. The van der Waals surface area contributed by atoms with Crippen molar-refractivity contribution in [1.29, 1.82) is 0 Å². The first kappa shape index (κ1) is 25.0. The molecule has 2 aromatic carbocycles. The first-order valence-electron chi connectivity index (χ1n) is 10.7. The number of sulfonamides is 1. The first-order chi connectivity index (χ1) is 15.7. The highest BCUT2D eigenvalue weighted by molar-refractivity contribution is 7.92. The molecule has 178 valence electrons. The summed E-state index contributed by atoms with van der Waals surface area (Å²) in [5, 5.41) is 2.87. The van der Waals surface area contributed by atoms with Crippen LogP contribution in [0.4, 0.5) is 10.1 Å². The second kappa shape index (κ2) is 11.0. The van der Waals surface area contributed by atoms with E-state index in [4.69, 9.17) is 16.3 Å². The summed E-state index contributed by atoms with van der Waals surface area (Å²) in [4.78, 5) is 24.5. The Morgan fingerprint density at radius 1 is 1.09 bits per heavy atom. The molecule has 2 aromatic rings. The van der Waals surface area contributed by atoms with Gasteiger partial charge in [0, 0.05) is 13.1 Å². The van der Waals surface area contributed by atoms with Crippen molar-refractivity contribution >= 4 is 39.2 Å². The molecule has 0 bridgehead atoms. The van der Waals surface area contributed by atoms with Crippen molar-refractivity contribution < 1.29 is 27.1 Å². The Labute approximate surface area is 197 Å². The minimum absolute atomic E-state index is 0.00689. The zero-order valence-electron chi connectivity index (χ0n) is 18.2. The number of nitrogens with one attached hydrogen (secondary N) is 1. The van der Waals surface area contributed by atoms with Crippen LogP contribution in [0.15, 0.2) is 47.4 Å². The van der Waals surface area contributed by atoms with E-state index in [2.05, 4.69) is 5.32 Å². The molecule has 1 amide bonds. The number of anilines is 1. The summed E-state index contributed by atoms with van der Waals surface area (Å²) in [6.45, 7) is -0.488. The Hall–Kier alpha value is -2.65. The van der Waals surface area contributed by atoms with Crippen LogP contribution >= 0.6 is 11.6 Å². The summed E-state index contributed by atoms with van der Waals surface area (Å²) in [6, 6.07) is 8.64. The van der Waals surface area contributed by atoms with Crippen molar-refractivity contribution in [2.75, 3.05) is 18.0 Å². The van der Waals surface area contributed by atoms with E-state index in [1.807, 2.05) is 0 Å². The summed E-state index contributed by atoms with van der Waals surface area (Å²) in [6.07, 6.45) is 6.19. The second-order valence-electron chi connectivity index (χ2n) is 7.92. The smallest absolute Gasteiger partial charge is 0.340 e. The van der Waals surface area contributed by atoms with Gasteiger partial charge in [0.1, 0.15) is 5.82 Å². The predicted molar refractivity (Wildman–Crippen MR) is 123 cm³/mol. The Balaban J connectivity index is 1.69. The maximum atomic E-state index is 13.2. The van der Waals surface area contributed by atoms with Gasteiger partial charge < -0.3 is 10.1 Å². The van der Waals surface area contributed by atoms with Crippen molar-refractivity contribution in [2.24, 2.45) is 0 Å². The largest absolute Gasteiger partial charge is 0.452 e. The number of rotatable bonds is 7. The first-order valence-corrected chi connectivity index (χ1v) is 12.5. The molecule has 10 heteroatoms. The van der Waals surface area contributed by atoms with Gasteiger partial charge in [0.2, 0.25) is 0 Å². The maximum absolute atomic E-state index is 13.2. The van der Waals surface area contributed by atoms with Gasteiger partial charge in [-0.3, -0.25) is 9.10 Å². The Kier molecular flexibility index (Phi) is 8.31. The van der Waals surface area contributed by atoms with Crippen LogP contribution in [0.1, 0.15) is 48.9 Å². The van der Waals surface area contributed by atoms with Crippen LogP contribution in [-0.2, 0) is 19.6 Å². The fourth-order valence-corrected chi connectivity index (χ4v) is 5.09. The van der Waals surface area contributed by atoms with Crippen LogP contribution in [0.3, 0.4) is 0 Å². The van der Waals surface area contributed by atoms with Gasteiger partial charge in [-0.25, -0.2) is 17.6 Å². The highest BCUT2D eigenvalue weighted by Crippen LogP contribution is 2.26. The molecule has 0 spiro atoms. The Morgan fingerprint density at radius 3 is 2.36 bits per heavy atom. The van der Waals surface area contributed by atoms with Gasteiger partial charge in [-0.1, -0.05) is 37.3 Å². The second-order valence-corrected chi connectivity index (χ2v) is 10.3. The Morgan fingerprint density at radius 2 is 1.73 bits per heavy atom. The molecule has 0 heterocycles. The van der Waals surface area contributed by atoms with Gasteiger partial charge >= 0.3 is 5.97 Å². The van der Waals surface area contributed by atoms with Crippen LogP contribution in [0.2, 0.25) is 5.02 Å². The molecular weight excluding hydrogens is 471 g/mol. The minimum atomic E-state index is -4.07. The summed E-state index contributed by atoms with van der Waals surface area (Å²) < 4.78 is 45.2. The van der Waals surface area contributed by atoms with Crippen LogP contribution in [0.25, 0.3) is 0 Å². The number of esters is 1. The summed E-state index contributed by atoms with van der Waals surface area (Å²) in [5.41, 5.74) is 0.0678. The van der Waals surface area contributed by atoms with Crippen LogP contribution in [-0.4, -0.2) is 40.0 Å². The van der Waals surface area contributed by atoms with Gasteiger partial charge in [0.05, 0.1) is 21.2 Å². The van der Waals surface area contributed by atoms with Crippen molar-refractivity contribution in [2.45, 2.75) is 49.5 Å². The molecule has 1 N–H and O–H groups in total. The van der Waals surface area contributed by atoms with E-state index in [0.29, 0.717) is 0 Å². The molecule has 0 aromatic heterocycles. The predicted octanol–water partition coefficient (Wildman–Crippen LogP) is 4.30. The molecule has 0 saturated heterocycles. The third-order valence-corrected chi connectivity index (χ3v) is 7.67. The maximum Gasteiger partial charge on any atom is 0.340 e. The number of hydrogen-bond donors (Lipinski definition) is 1. The van der Waals surface area contributed by atoms with E-state index in [0.717, 1.165) is 61.0 Å². The van der Waals surface area contributed by atoms with Gasteiger partial charge in [0.25, 0.3) is 15.9 Å². The zero-order chi connectivity index (χ0) is 24.0. The lowest BCUT2D eigenvalue weighted by Crippen LogP contribution is -2.37. The van der Waals surface area contributed by atoms with Crippen molar-refractivity contribution in [3.8, 4) is 0 Å². The van der Waals surface area contributed by atoms with E-state index < -0.39 is 34.3 Å². The lowest BCUT2D eigenvalue weighted by atomic mass is 10.1. The van der Waals surface area contributed by atoms with Crippen LogP contribution < -0.4 is 9.62 Å². The normalized spacial score (nSPS) is 14.9. The number of carbonyl (C=O) groups is 2. The topological polar surface area (TPSA) is 92.8 Å². The monoisotopic (exact) mass is 496 g/mol. The molecule has 33 heavy (non-hydrogen) atoms. The molecule has 0 unspecified atom stereocenters. The number of halogens is 2. The highest BCUT2D eigenvalue weighted by atomic mass is 35.5. The molecule has 1 saturated carbocycles. The molecule has 0 radical (unpaired) electrons. The number of amides is 1. The van der Waals surface area contributed by atoms with E-state index in [1.165, 1.54) is 31.3 Å². The SMILES string of the molecule is CN(c1ccc(F)cc1)S(=O)(=O)c1ccc(Cl)c(C(=O)OCC(=O)NC2CCCCCC2)c1. The van der Waals surface area contributed by atoms with E-state index in [-0.39, 0.29) is 27.2 Å². The molecule has 1 aliphatic rings. The highest BCUT2D eigenvalue weighted by Gasteiger charge is 2.25. The lowest BCUT2D eigenvalue weighted by molar-refractivity contribution is -0.125. The van der Waals surface area contributed by atoms with Gasteiger partial charge in [-0.2, -0.15) is 0 Å². The molecule has 7 nitrogen and oxygen atoms in total. The average Bonchev–Trinajstić information content (AvgIpc) is 3.06. The van der Waals surface area contributed by atoms with Crippen molar-refractivity contribution in [1.82, 2.24) is 5.32 Å². The van der Waals surface area contributed by atoms with Crippen molar-refractivity contribution in [3.05, 3.63) is 58.9 Å². The van der Waals surface area contributed by atoms with Gasteiger partial charge in [-0.05, 0) is 55.3 Å². The zero-order valence-corrected chi connectivity index (χ0v) is 19.8. The third-order valence-electron chi connectivity index (χ3n) is 5.56. The fraction of sp³-hybridized carbons (Fsp3) is 0.391. The lowest BCUT2D eigenvalue weighted by Gasteiger charge is -2.20. The third kappa shape index (κ3) is 6.45. The van der Waals surface area contributed by atoms with E-state index >= 15 is 0 Å². The molecule has 0 atom stereocenters. The molecule has 0 aliphatic heterocycles. The molecular formula is C23H26ClFN2O5S. The van der Waals surface area contributed by atoms with Crippen LogP contribution in [0.5, 0.6) is 0 Å². The van der Waals surface area contributed by atoms with E-state index in [1.54, 1.807) is 0 Å². The van der Waals surface area contributed by atoms with Crippen molar-refractivity contribution in [3.63, 3.8) is 0 Å². The van der Waals surface area contributed by atoms with Gasteiger partial charge in [0.15, 0.2) is 6.61 Å². The number of nitrogens with zero attached hydrogens (tertiary/aromatic N) is 1. The number of benzene rings is 2. The summed E-state index contributed by atoms with van der Waals surface area (Å²) in [5.74, 6) is -1.81. The van der Waals surface area contributed by atoms with E-state index in [9.17, 15) is 22.4 Å². The minimum Gasteiger partial charge on any atom is -0.452 e. The molecule has 3 rings (SSSR count). The molecule has 1 aliphatic carbocycles. The van der Waals surface area contributed by atoms with Crippen LogP contribution in [0, 0.1) is 5.82 Å². The standard InChI is InChI=1S/C23H26ClFN2O5S/c1-27(18-10-8-16(25)9-11-18)33(30,31)19-12-13-21(24)20(14-19)23(29)32-15-22(28)26-17-6-4-2-3-5-7-17/h8-14,17H,2-7,15H2,1H3,(H,26,28). The summed E-state index contributed by atoms with van der Waals surface area (Å²) >= 11 is 6.09. The Bertz CT molecular complexity index is 1100.